The highest BCUT2D eigenvalue weighted by Crippen LogP contribution is 2.16. The van der Waals surface area contributed by atoms with Gasteiger partial charge in [-0.2, -0.15) is 4.98 Å². The highest BCUT2D eigenvalue weighted by atomic mass is 16.5. The molecule has 3 aromatic rings. The second kappa shape index (κ2) is 8.98. The molecule has 2 aromatic carbocycles. The van der Waals surface area contributed by atoms with Gasteiger partial charge in [0.2, 0.25) is 5.91 Å². The number of likely N-dealkylation sites (N-methyl/N-ethyl adjacent to an activating group) is 1. The van der Waals surface area contributed by atoms with Gasteiger partial charge in [-0.05, 0) is 36.2 Å². The highest BCUT2D eigenvalue weighted by molar-refractivity contribution is 5.76. The van der Waals surface area contributed by atoms with E-state index in [9.17, 15) is 4.79 Å². The van der Waals surface area contributed by atoms with Crippen molar-refractivity contribution in [2.24, 2.45) is 0 Å². The fraction of sp³-hybridized carbons (Fsp3) is 0.286. The van der Waals surface area contributed by atoms with Crippen molar-refractivity contribution in [2.45, 2.75) is 19.3 Å². The summed E-state index contributed by atoms with van der Waals surface area (Å²) in [5, 5.41) is 4.00. The van der Waals surface area contributed by atoms with Crippen LogP contribution in [0.5, 0.6) is 5.75 Å². The molecular formula is C21H23N3O3. The molecule has 140 valence electrons. The zero-order chi connectivity index (χ0) is 19.1. The van der Waals surface area contributed by atoms with Crippen molar-refractivity contribution < 1.29 is 14.1 Å². The van der Waals surface area contributed by atoms with Crippen LogP contribution in [0.15, 0.2) is 59.1 Å². The van der Waals surface area contributed by atoms with Crippen LogP contribution < -0.4 is 4.74 Å². The molecule has 3 rings (SSSR count). The largest absolute Gasteiger partial charge is 0.497 e. The van der Waals surface area contributed by atoms with E-state index >= 15 is 0 Å². The molecule has 0 unspecified atom stereocenters. The van der Waals surface area contributed by atoms with Crippen LogP contribution in [-0.4, -0.2) is 41.6 Å². The summed E-state index contributed by atoms with van der Waals surface area (Å²) >= 11 is 0. The lowest BCUT2D eigenvalue weighted by atomic mass is 10.1. The van der Waals surface area contributed by atoms with Crippen LogP contribution in [0.25, 0.3) is 11.5 Å². The highest BCUT2D eigenvalue weighted by Gasteiger charge is 2.12. The number of hydrogen-bond acceptors (Lipinski definition) is 5. The minimum absolute atomic E-state index is 0.0950. The monoisotopic (exact) mass is 365 g/mol. The van der Waals surface area contributed by atoms with Gasteiger partial charge in [0.05, 0.1) is 7.11 Å². The van der Waals surface area contributed by atoms with E-state index in [4.69, 9.17) is 9.26 Å². The fourth-order valence-corrected chi connectivity index (χ4v) is 2.68. The minimum atomic E-state index is 0.0950. The van der Waals surface area contributed by atoms with E-state index in [-0.39, 0.29) is 5.91 Å². The first kappa shape index (κ1) is 18.6. The van der Waals surface area contributed by atoms with Crippen LogP contribution in [-0.2, 0) is 17.6 Å². The molecule has 0 radical (unpaired) electrons. The number of carbonyl (C=O) groups is 1. The van der Waals surface area contributed by atoms with E-state index < -0.39 is 0 Å². The molecule has 0 saturated heterocycles. The smallest absolute Gasteiger partial charge is 0.257 e. The summed E-state index contributed by atoms with van der Waals surface area (Å²) in [7, 11) is 3.44. The molecule has 0 aliphatic heterocycles. The van der Waals surface area contributed by atoms with Crippen LogP contribution in [0.1, 0.15) is 17.8 Å². The van der Waals surface area contributed by atoms with Crippen molar-refractivity contribution in [2.75, 3.05) is 20.7 Å². The molecule has 0 N–H and O–H groups in total. The molecule has 6 nitrogen and oxygen atoms in total. The molecule has 0 aliphatic rings. The van der Waals surface area contributed by atoms with Crippen molar-refractivity contribution in [3.8, 4) is 17.2 Å². The Balaban J connectivity index is 1.46. The number of amides is 1. The topological polar surface area (TPSA) is 68.5 Å². The van der Waals surface area contributed by atoms with Gasteiger partial charge in [-0.25, -0.2) is 0 Å². The molecule has 0 saturated carbocycles. The fourth-order valence-electron chi connectivity index (χ4n) is 2.68. The maximum Gasteiger partial charge on any atom is 0.257 e. The lowest BCUT2D eigenvalue weighted by Gasteiger charge is -2.16. The van der Waals surface area contributed by atoms with E-state index in [1.807, 2.05) is 54.6 Å². The second-order valence-electron chi connectivity index (χ2n) is 6.30. The Kier molecular flexibility index (Phi) is 6.20. The van der Waals surface area contributed by atoms with Crippen molar-refractivity contribution in [3.05, 3.63) is 66.0 Å². The SMILES string of the molecule is COc1ccc(CCC(=O)N(C)CCc2noc(-c3ccccc3)n2)cc1. The van der Waals surface area contributed by atoms with Gasteiger partial charge in [0, 0.05) is 32.0 Å². The summed E-state index contributed by atoms with van der Waals surface area (Å²) in [4.78, 5) is 18.4. The number of carbonyl (C=O) groups excluding carboxylic acids is 1. The van der Waals surface area contributed by atoms with Crippen molar-refractivity contribution in [1.82, 2.24) is 15.0 Å². The number of rotatable bonds is 8. The van der Waals surface area contributed by atoms with Gasteiger partial charge in [0.25, 0.3) is 5.89 Å². The van der Waals surface area contributed by atoms with E-state index in [2.05, 4.69) is 10.1 Å². The number of ether oxygens (including phenoxy) is 1. The molecule has 0 spiro atoms. The number of nitrogens with zero attached hydrogens (tertiary/aromatic N) is 3. The normalized spacial score (nSPS) is 10.6. The molecule has 6 heteroatoms. The predicted molar refractivity (Wildman–Crippen MR) is 102 cm³/mol. The van der Waals surface area contributed by atoms with E-state index in [0.717, 1.165) is 16.9 Å². The first-order valence-electron chi connectivity index (χ1n) is 8.90. The molecule has 0 atom stereocenters. The summed E-state index contributed by atoms with van der Waals surface area (Å²) in [6.45, 7) is 0.551. The lowest BCUT2D eigenvalue weighted by molar-refractivity contribution is -0.129. The van der Waals surface area contributed by atoms with Gasteiger partial charge in [-0.1, -0.05) is 35.5 Å². The second-order valence-corrected chi connectivity index (χ2v) is 6.30. The maximum absolute atomic E-state index is 12.3. The molecule has 1 amide bonds. The summed E-state index contributed by atoms with van der Waals surface area (Å²) < 4.78 is 10.4. The Morgan fingerprint density at radius 1 is 1.07 bits per heavy atom. The van der Waals surface area contributed by atoms with Crippen LogP contribution in [0.3, 0.4) is 0 Å². The first-order chi connectivity index (χ1) is 13.2. The number of aryl methyl sites for hydroxylation is 1. The van der Waals surface area contributed by atoms with Crippen LogP contribution >= 0.6 is 0 Å². The third-order valence-corrected chi connectivity index (χ3v) is 4.37. The Morgan fingerprint density at radius 2 is 1.81 bits per heavy atom. The quantitative estimate of drug-likeness (QED) is 0.612. The van der Waals surface area contributed by atoms with E-state index in [0.29, 0.717) is 37.5 Å². The van der Waals surface area contributed by atoms with E-state index in [1.54, 1.807) is 19.1 Å². The van der Waals surface area contributed by atoms with Gasteiger partial charge < -0.3 is 14.2 Å². The van der Waals surface area contributed by atoms with Crippen LogP contribution in [0.2, 0.25) is 0 Å². The Bertz CT molecular complexity index is 860. The molecule has 0 aliphatic carbocycles. The first-order valence-corrected chi connectivity index (χ1v) is 8.90. The van der Waals surface area contributed by atoms with Crippen molar-refractivity contribution >= 4 is 5.91 Å². The van der Waals surface area contributed by atoms with Gasteiger partial charge in [-0.3, -0.25) is 4.79 Å². The summed E-state index contributed by atoms with van der Waals surface area (Å²) in [5.41, 5.74) is 2.00. The molecule has 27 heavy (non-hydrogen) atoms. The average molecular weight is 365 g/mol. The third kappa shape index (κ3) is 5.17. The zero-order valence-corrected chi connectivity index (χ0v) is 15.6. The molecule has 1 aromatic heterocycles. The van der Waals surface area contributed by atoms with Gasteiger partial charge in [-0.15, -0.1) is 0 Å². The minimum Gasteiger partial charge on any atom is -0.497 e. The summed E-state index contributed by atoms with van der Waals surface area (Å²) in [5.74, 6) is 2.01. The average Bonchev–Trinajstić information content (AvgIpc) is 3.20. The summed E-state index contributed by atoms with van der Waals surface area (Å²) in [6, 6.07) is 17.4. The molecule has 1 heterocycles. The van der Waals surface area contributed by atoms with E-state index in [1.165, 1.54) is 0 Å². The molecule has 0 fully saturated rings. The zero-order valence-electron chi connectivity index (χ0n) is 15.6. The Labute approximate surface area is 158 Å². The standard InChI is InChI=1S/C21H23N3O3/c1-24(20(25)13-10-16-8-11-18(26-2)12-9-16)15-14-19-22-21(27-23-19)17-6-4-3-5-7-17/h3-9,11-12H,10,13-15H2,1-2H3. The Morgan fingerprint density at radius 3 is 2.52 bits per heavy atom. The van der Waals surface area contributed by atoms with Crippen molar-refractivity contribution in [3.63, 3.8) is 0 Å². The number of aromatic nitrogens is 2. The van der Waals surface area contributed by atoms with Crippen molar-refractivity contribution in [1.29, 1.82) is 0 Å². The molecule has 0 bridgehead atoms. The summed E-state index contributed by atoms with van der Waals surface area (Å²) in [6.07, 6.45) is 1.72. The number of hydrogen-bond donors (Lipinski definition) is 0. The number of methoxy groups -OCH3 is 1. The van der Waals surface area contributed by atoms with Gasteiger partial charge in [0.15, 0.2) is 5.82 Å². The molecular weight excluding hydrogens is 342 g/mol. The number of benzene rings is 2. The predicted octanol–water partition coefficient (Wildman–Crippen LogP) is 3.38. The maximum atomic E-state index is 12.3. The van der Waals surface area contributed by atoms with Gasteiger partial charge >= 0.3 is 0 Å². The lowest BCUT2D eigenvalue weighted by Crippen LogP contribution is -2.29. The Hall–Kier alpha value is -3.15. The third-order valence-electron chi connectivity index (χ3n) is 4.37. The van der Waals surface area contributed by atoms with Gasteiger partial charge in [0.1, 0.15) is 5.75 Å². The van der Waals surface area contributed by atoms with Crippen LogP contribution in [0.4, 0.5) is 0 Å². The van der Waals surface area contributed by atoms with Crippen LogP contribution in [0, 0.1) is 0 Å².